The third kappa shape index (κ3) is 1.71. The zero-order valence-electron chi connectivity index (χ0n) is 7.80. The van der Waals surface area contributed by atoms with Gasteiger partial charge in [0.05, 0.1) is 17.2 Å². The molecule has 0 aromatic carbocycles. The fourth-order valence-electron chi connectivity index (χ4n) is 1.12. The van der Waals surface area contributed by atoms with E-state index in [1.54, 1.807) is 17.6 Å². The molecule has 0 aliphatic heterocycles. The van der Waals surface area contributed by atoms with Crippen molar-refractivity contribution in [1.82, 2.24) is 4.98 Å². The van der Waals surface area contributed by atoms with Crippen molar-refractivity contribution in [2.45, 2.75) is 12.8 Å². The normalized spacial score (nSPS) is 13.0. The minimum atomic E-state index is 0.0347. The molecule has 1 unspecified atom stereocenters. The number of aromatic nitrogens is 1. The maximum Gasteiger partial charge on any atom is 0.236 e. The molecule has 3 nitrogen and oxygen atoms in total. The fraction of sp³-hybridized carbons (Fsp3) is 0.300. The lowest BCUT2D eigenvalue weighted by atomic mass is 10.1. The summed E-state index contributed by atoms with van der Waals surface area (Å²) in [6.07, 6.45) is 1.61. The van der Waals surface area contributed by atoms with Crippen LogP contribution in [0.1, 0.15) is 18.5 Å². The van der Waals surface area contributed by atoms with Crippen molar-refractivity contribution in [2.75, 3.05) is 6.61 Å². The number of rotatable bonds is 3. The van der Waals surface area contributed by atoms with E-state index in [9.17, 15) is 0 Å². The average molecular weight is 209 g/mol. The summed E-state index contributed by atoms with van der Waals surface area (Å²) in [5, 5.41) is 10.9. The van der Waals surface area contributed by atoms with Gasteiger partial charge in [-0.25, -0.2) is 4.98 Å². The monoisotopic (exact) mass is 209 g/mol. The molecule has 2 aromatic heterocycles. The van der Waals surface area contributed by atoms with Crippen LogP contribution in [0.3, 0.4) is 0 Å². The molecule has 2 rings (SSSR count). The summed E-state index contributed by atoms with van der Waals surface area (Å²) in [5.41, 5.74) is 0.802. The lowest BCUT2D eigenvalue weighted by Crippen LogP contribution is -1.98. The third-order valence-corrected chi connectivity index (χ3v) is 2.89. The van der Waals surface area contributed by atoms with Crippen LogP contribution in [0.5, 0.6) is 0 Å². The van der Waals surface area contributed by atoms with Crippen LogP contribution in [0, 0.1) is 0 Å². The lowest BCUT2D eigenvalue weighted by molar-refractivity contribution is 0.271. The van der Waals surface area contributed by atoms with Crippen LogP contribution in [0.4, 0.5) is 0 Å². The minimum Gasteiger partial charge on any atom is -0.444 e. The number of nitrogens with zero attached hydrogens (tertiary/aromatic N) is 1. The molecular formula is C10H11NO2S. The Hall–Kier alpha value is -1.13. The molecule has 0 saturated heterocycles. The van der Waals surface area contributed by atoms with Gasteiger partial charge in [0.1, 0.15) is 6.26 Å². The van der Waals surface area contributed by atoms with E-state index < -0.39 is 0 Å². The minimum absolute atomic E-state index is 0.0347. The predicted molar refractivity (Wildman–Crippen MR) is 55.3 cm³/mol. The number of aliphatic hydroxyl groups excluding tert-OH is 1. The lowest BCUT2D eigenvalue weighted by Gasteiger charge is -1.99. The first-order chi connectivity index (χ1) is 6.81. The summed E-state index contributed by atoms with van der Waals surface area (Å²) >= 11 is 1.59. The SMILES string of the molecule is CC(CO)c1coc(-c2cccs2)n1. The molecule has 1 atom stereocenters. The molecule has 2 heterocycles. The first-order valence-electron chi connectivity index (χ1n) is 4.41. The molecule has 0 radical (unpaired) electrons. The van der Waals surface area contributed by atoms with Crippen molar-refractivity contribution in [1.29, 1.82) is 0 Å². The van der Waals surface area contributed by atoms with Crippen molar-refractivity contribution in [3.8, 4) is 10.8 Å². The van der Waals surface area contributed by atoms with Crippen molar-refractivity contribution in [3.63, 3.8) is 0 Å². The number of aliphatic hydroxyl groups is 1. The highest BCUT2D eigenvalue weighted by Gasteiger charge is 2.11. The first kappa shape index (κ1) is 9.43. The Kier molecular flexibility index (Phi) is 2.65. The molecule has 2 aromatic rings. The maximum atomic E-state index is 8.95. The van der Waals surface area contributed by atoms with Gasteiger partial charge in [-0.3, -0.25) is 0 Å². The number of hydrogen-bond donors (Lipinski definition) is 1. The van der Waals surface area contributed by atoms with Crippen LogP contribution in [-0.2, 0) is 0 Å². The van der Waals surface area contributed by atoms with E-state index in [-0.39, 0.29) is 12.5 Å². The van der Waals surface area contributed by atoms with Crippen molar-refractivity contribution in [2.24, 2.45) is 0 Å². The van der Waals surface area contributed by atoms with Gasteiger partial charge in [-0.05, 0) is 11.4 Å². The number of oxazole rings is 1. The summed E-state index contributed by atoms with van der Waals surface area (Å²) in [5.74, 6) is 0.669. The maximum absolute atomic E-state index is 8.95. The molecule has 0 saturated carbocycles. The van der Waals surface area contributed by atoms with Gasteiger partial charge < -0.3 is 9.52 Å². The largest absolute Gasteiger partial charge is 0.444 e. The summed E-state index contributed by atoms with van der Waals surface area (Å²) in [4.78, 5) is 5.32. The highest BCUT2D eigenvalue weighted by atomic mass is 32.1. The van der Waals surface area contributed by atoms with E-state index in [4.69, 9.17) is 9.52 Å². The summed E-state index contributed by atoms with van der Waals surface area (Å²) < 4.78 is 5.32. The second kappa shape index (κ2) is 3.94. The zero-order chi connectivity index (χ0) is 9.97. The molecular weight excluding hydrogens is 198 g/mol. The van der Waals surface area contributed by atoms with Gasteiger partial charge in [-0.2, -0.15) is 0 Å². The predicted octanol–water partition coefficient (Wildman–Crippen LogP) is 2.50. The van der Waals surface area contributed by atoms with E-state index in [2.05, 4.69) is 4.98 Å². The van der Waals surface area contributed by atoms with Crippen LogP contribution < -0.4 is 0 Å². The van der Waals surface area contributed by atoms with Gasteiger partial charge in [0.2, 0.25) is 5.89 Å². The van der Waals surface area contributed by atoms with Crippen LogP contribution in [0.2, 0.25) is 0 Å². The Bertz CT molecular complexity index is 394. The zero-order valence-corrected chi connectivity index (χ0v) is 8.62. The average Bonchev–Trinajstić information content (AvgIpc) is 2.86. The van der Waals surface area contributed by atoms with E-state index in [1.807, 2.05) is 24.4 Å². The Morgan fingerprint density at radius 1 is 1.64 bits per heavy atom. The molecule has 0 spiro atoms. The number of hydrogen-bond acceptors (Lipinski definition) is 4. The van der Waals surface area contributed by atoms with E-state index in [1.165, 1.54) is 0 Å². The topological polar surface area (TPSA) is 46.3 Å². The van der Waals surface area contributed by atoms with Crippen LogP contribution in [-0.4, -0.2) is 16.7 Å². The van der Waals surface area contributed by atoms with Gasteiger partial charge in [-0.1, -0.05) is 13.0 Å². The molecule has 0 fully saturated rings. The Balaban J connectivity index is 2.26. The molecule has 4 heteroatoms. The fourth-order valence-corrected chi connectivity index (χ4v) is 1.77. The van der Waals surface area contributed by atoms with Gasteiger partial charge in [0.25, 0.3) is 0 Å². The van der Waals surface area contributed by atoms with Gasteiger partial charge in [-0.15, -0.1) is 11.3 Å². The highest BCUT2D eigenvalue weighted by molar-refractivity contribution is 7.13. The standard InChI is InChI=1S/C10H11NO2S/c1-7(5-12)8-6-13-10(11-8)9-3-2-4-14-9/h2-4,6-7,12H,5H2,1H3. The van der Waals surface area contributed by atoms with Crippen molar-refractivity contribution < 1.29 is 9.52 Å². The highest BCUT2D eigenvalue weighted by Crippen LogP contribution is 2.25. The quantitative estimate of drug-likeness (QED) is 0.844. The van der Waals surface area contributed by atoms with Gasteiger partial charge in [0.15, 0.2) is 0 Å². The molecule has 74 valence electrons. The Morgan fingerprint density at radius 3 is 3.14 bits per heavy atom. The molecule has 0 aliphatic carbocycles. The van der Waals surface area contributed by atoms with E-state index >= 15 is 0 Å². The van der Waals surface area contributed by atoms with E-state index in [0.29, 0.717) is 5.89 Å². The molecule has 0 aliphatic rings. The smallest absolute Gasteiger partial charge is 0.236 e. The van der Waals surface area contributed by atoms with Crippen LogP contribution >= 0.6 is 11.3 Å². The summed E-state index contributed by atoms with van der Waals surface area (Å²) in [6, 6.07) is 3.92. The molecule has 0 amide bonds. The third-order valence-electron chi connectivity index (χ3n) is 2.03. The summed E-state index contributed by atoms with van der Waals surface area (Å²) in [6.45, 7) is 2.01. The second-order valence-electron chi connectivity index (χ2n) is 3.14. The van der Waals surface area contributed by atoms with Crippen molar-refractivity contribution in [3.05, 3.63) is 29.5 Å². The molecule has 14 heavy (non-hydrogen) atoms. The number of thiophene rings is 1. The second-order valence-corrected chi connectivity index (χ2v) is 4.09. The van der Waals surface area contributed by atoms with Gasteiger partial charge in [0, 0.05) is 5.92 Å². The van der Waals surface area contributed by atoms with E-state index in [0.717, 1.165) is 10.6 Å². The van der Waals surface area contributed by atoms with Crippen LogP contribution in [0.25, 0.3) is 10.8 Å². The molecule has 0 bridgehead atoms. The summed E-state index contributed by atoms with van der Waals surface area (Å²) in [7, 11) is 0. The Labute approximate surface area is 86.0 Å². The van der Waals surface area contributed by atoms with Crippen LogP contribution in [0.15, 0.2) is 28.2 Å². The molecule has 1 N–H and O–H groups in total. The Morgan fingerprint density at radius 2 is 2.50 bits per heavy atom. The van der Waals surface area contributed by atoms with Crippen molar-refractivity contribution >= 4 is 11.3 Å². The van der Waals surface area contributed by atoms with Gasteiger partial charge >= 0.3 is 0 Å². The first-order valence-corrected chi connectivity index (χ1v) is 5.29.